The van der Waals surface area contributed by atoms with Crippen LogP contribution in [0.4, 0.5) is 15.9 Å². The van der Waals surface area contributed by atoms with Gasteiger partial charge in [-0.15, -0.1) is 0 Å². The van der Waals surface area contributed by atoms with E-state index in [9.17, 15) is 5.11 Å². The molecule has 3 fully saturated rings. The van der Waals surface area contributed by atoms with Crippen LogP contribution in [0.2, 0.25) is 5.02 Å². The Morgan fingerprint density at radius 1 is 1.32 bits per heavy atom. The van der Waals surface area contributed by atoms with Crippen LogP contribution in [0.15, 0.2) is 12.3 Å². The van der Waals surface area contributed by atoms with Crippen LogP contribution in [0.5, 0.6) is 11.8 Å². The topological polar surface area (TPSA) is 152 Å². The van der Waals surface area contributed by atoms with Crippen LogP contribution in [-0.4, -0.2) is 93.1 Å². The Labute approximate surface area is 288 Å². The quantitative estimate of drug-likeness (QED) is 0.121. The van der Waals surface area contributed by atoms with E-state index in [-0.39, 0.29) is 38.6 Å². The predicted molar refractivity (Wildman–Crippen MR) is 170 cm³/mol. The number of aliphatic hydroxyl groups is 1. The van der Waals surface area contributed by atoms with Gasteiger partial charge >= 0.3 is 253 Å². The van der Waals surface area contributed by atoms with E-state index in [0.717, 1.165) is 38.8 Å². The molecule has 6 bridgehead atoms. The Kier molecular flexibility index (Phi) is 9.77. The van der Waals surface area contributed by atoms with Crippen LogP contribution in [0.25, 0.3) is 22.2 Å². The molecule has 0 saturated carbocycles. The molecule has 0 radical (unpaired) electrons. The number of nitrogens with two attached hydrogens (primary N) is 1. The summed E-state index contributed by atoms with van der Waals surface area (Å²) in [5.41, 5.74) is 3.89. The van der Waals surface area contributed by atoms with Crippen molar-refractivity contribution in [2.75, 3.05) is 54.4 Å². The zero-order valence-electron chi connectivity index (χ0n) is 26.4. The SMILES string of the molecule is CCc1c(NN)cc(Cl)c2c1-c1ncc3c(nc(OC[C@H]4CC[C@@H]5COCCN54)nc3c1F)N1CCC[C@](C)(C1)NC(O)OC[I-]O2. The summed E-state index contributed by atoms with van der Waals surface area (Å²) in [6, 6.07) is 2.33. The number of ether oxygens (including phenoxy) is 3. The number of nitrogen functional groups attached to an aromatic ring is 1. The first-order valence-electron chi connectivity index (χ1n) is 16.0. The summed E-state index contributed by atoms with van der Waals surface area (Å²) in [4.78, 5) is 18.7. The van der Waals surface area contributed by atoms with Crippen LogP contribution < -0.4 is 50.9 Å². The van der Waals surface area contributed by atoms with Crippen molar-refractivity contribution in [3.05, 3.63) is 28.7 Å². The Bertz CT molecular complexity index is 1640. The molecule has 256 valence electrons. The van der Waals surface area contributed by atoms with Crippen molar-refractivity contribution in [3.8, 4) is 23.0 Å². The molecule has 13 nitrogen and oxygen atoms in total. The number of nitrogens with one attached hydrogen (secondary N) is 2. The van der Waals surface area contributed by atoms with Crippen LogP contribution in [0, 0.1) is 5.82 Å². The molecule has 2 aromatic heterocycles. The first-order valence-corrected chi connectivity index (χ1v) is 18.8. The second-order valence-electron chi connectivity index (χ2n) is 12.7. The first-order chi connectivity index (χ1) is 22.8. The van der Waals surface area contributed by atoms with Gasteiger partial charge in [-0.2, -0.15) is 0 Å². The fourth-order valence-electron chi connectivity index (χ4n) is 7.33. The van der Waals surface area contributed by atoms with Gasteiger partial charge in [0.1, 0.15) is 0 Å². The van der Waals surface area contributed by atoms with Crippen LogP contribution >= 0.6 is 11.6 Å². The summed E-state index contributed by atoms with van der Waals surface area (Å²) in [6.07, 6.45) is 4.51. The van der Waals surface area contributed by atoms with E-state index in [1.165, 1.54) is 0 Å². The van der Waals surface area contributed by atoms with E-state index in [1.807, 2.05) is 13.8 Å². The molecule has 47 heavy (non-hydrogen) atoms. The number of morpholine rings is 1. The molecule has 8 rings (SSSR count). The average Bonchev–Trinajstić information content (AvgIpc) is 3.48. The summed E-state index contributed by atoms with van der Waals surface area (Å²) >= 11 is 5.61. The van der Waals surface area contributed by atoms with Gasteiger partial charge in [0.15, 0.2) is 0 Å². The number of hydrogen-bond acceptors (Lipinski definition) is 13. The van der Waals surface area contributed by atoms with Gasteiger partial charge in [0, 0.05) is 12.6 Å². The monoisotopic (exact) mass is 785 g/mol. The number of anilines is 2. The molecule has 5 aliphatic rings. The van der Waals surface area contributed by atoms with Crippen LogP contribution in [-0.2, 0) is 15.9 Å². The number of piperidine rings is 1. The number of halogens is 3. The fraction of sp³-hybridized carbons (Fsp3) is 0.581. The molecule has 3 saturated heterocycles. The van der Waals surface area contributed by atoms with E-state index >= 15 is 4.39 Å². The second-order valence-corrected chi connectivity index (χ2v) is 14.7. The number of pyridine rings is 1. The van der Waals surface area contributed by atoms with Gasteiger partial charge in [0.2, 0.25) is 0 Å². The third-order valence-electron chi connectivity index (χ3n) is 9.58. The zero-order valence-corrected chi connectivity index (χ0v) is 29.3. The van der Waals surface area contributed by atoms with Crippen molar-refractivity contribution in [1.82, 2.24) is 25.2 Å². The number of hydrazine groups is 1. The number of nitrogens with zero attached hydrogens (tertiary/aromatic N) is 5. The number of rotatable bonds is 5. The Morgan fingerprint density at radius 3 is 3.02 bits per heavy atom. The molecule has 0 amide bonds. The molecule has 0 aliphatic carbocycles. The molecule has 4 atom stereocenters. The van der Waals surface area contributed by atoms with Gasteiger partial charge in [0.05, 0.1) is 13.2 Å². The average molecular weight is 786 g/mol. The van der Waals surface area contributed by atoms with Gasteiger partial charge in [0.25, 0.3) is 0 Å². The number of alkyl halides is 1. The molecule has 7 heterocycles. The van der Waals surface area contributed by atoms with Crippen LogP contribution in [0.3, 0.4) is 0 Å². The molecular formula is C31H40ClFIN8O5-. The van der Waals surface area contributed by atoms with E-state index < -0.39 is 39.4 Å². The molecule has 1 unspecified atom stereocenters. The summed E-state index contributed by atoms with van der Waals surface area (Å²) in [5, 5.41) is 14.7. The van der Waals surface area contributed by atoms with Gasteiger partial charge < -0.3 is 4.74 Å². The summed E-state index contributed by atoms with van der Waals surface area (Å²) in [5.74, 6) is 6.03. The standard InChI is InChI=1S/C31H40ClFIN8O5/c1-3-19-22(40-35)11-21(32)27-23(19)26-24(33)25-20(12-36-26)28(41-8-4-7-31(2,15-41)39-30(43)46-16-34-47-27)38-29(37-25)45-14-18-6-5-17-13-44-10-9-42(17)18/h11-12,17-18,30,39-40,43H,3-10,13-16,35H2,1-2H3/q-1/t17-,18-,30?,31-/m1/s1. The third kappa shape index (κ3) is 6.52. The molecular weight excluding hydrogens is 746 g/mol. The van der Waals surface area contributed by atoms with Gasteiger partial charge in [-0.1, -0.05) is 0 Å². The zero-order chi connectivity index (χ0) is 32.7. The number of hydrogen-bond donors (Lipinski definition) is 4. The number of aliphatic hydroxyl groups excluding tert-OH is 1. The van der Waals surface area contributed by atoms with E-state index in [0.29, 0.717) is 66.8 Å². The Balaban J connectivity index is 1.37. The fourth-order valence-corrected chi connectivity index (χ4v) is 9.09. The third-order valence-corrected chi connectivity index (χ3v) is 11.2. The minimum atomic E-state index is -1.21. The summed E-state index contributed by atoms with van der Waals surface area (Å²) in [7, 11) is 0. The van der Waals surface area contributed by atoms with Crippen molar-refractivity contribution in [2.24, 2.45) is 5.84 Å². The van der Waals surface area contributed by atoms with E-state index in [2.05, 4.69) is 30.5 Å². The van der Waals surface area contributed by atoms with Crippen molar-refractivity contribution in [2.45, 2.75) is 70.0 Å². The van der Waals surface area contributed by atoms with Gasteiger partial charge in [-0.3, -0.25) is 0 Å². The molecule has 5 aliphatic heterocycles. The van der Waals surface area contributed by atoms with E-state index in [1.54, 1.807) is 12.3 Å². The normalized spacial score (nSPS) is 26.9. The van der Waals surface area contributed by atoms with Crippen molar-refractivity contribution in [1.29, 1.82) is 0 Å². The van der Waals surface area contributed by atoms with Gasteiger partial charge in [-0.25, -0.2) is 0 Å². The molecule has 0 spiro atoms. The minimum absolute atomic E-state index is 0.0353. The number of benzene rings is 1. The molecule has 5 N–H and O–H groups in total. The van der Waals surface area contributed by atoms with Crippen molar-refractivity contribution >= 4 is 34.0 Å². The Hall–Kier alpha value is -2.38. The molecule has 1 aromatic carbocycles. The van der Waals surface area contributed by atoms with Crippen molar-refractivity contribution < 1.29 is 48.4 Å². The van der Waals surface area contributed by atoms with Crippen LogP contribution in [0.1, 0.15) is 45.1 Å². The predicted octanol–water partition coefficient (Wildman–Crippen LogP) is 0.169. The first kappa shape index (κ1) is 33.1. The maximum absolute atomic E-state index is 17.1. The summed E-state index contributed by atoms with van der Waals surface area (Å²) in [6.45, 7) is 7.78. The summed E-state index contributed by atoms with van der Waals surface area (Å²) < 4.78 is 41.1. The van der Waals surface area contributed by atoms with E-state index in [4.69, 9.17) is 39.7 Å². The van der Waals surface area contributed by atoms with Gasteiger partial charge in [-0.05, 0) is 6.42 Å². The van der Waals surface area contributed by atoms with Crippen molar-refractivity contribution in [3.63, 3.8) is 0 Å². The second kappa shape index (κ2) is 13.9. The molecule has 3 aromatic rings. The maximum atomic E-state index is 17.1. The Morgan fingerprint density at radius 2 is 2.19 bits per heavy atom. The number of fused-ring (bicyclic) bond motifs is 7. The number of aromatic nitrogens is 3. The molecule has 16 heteroatoms.